The van der Waals surface area contributed by atoms with Crippen LogP contribution in [0.25, 0.3) is 10.8 Å². The second-order valence-electron chi connectivity index (χ2n) is 9.87. The molecule has 1 unspecified atom stereocenters. The second-order valence-corrected chi connectivity index (χ2v) is 11.7. The van der Waals surface area contributed by atoms with Crippen LogP contribution in [0.5, 0.6) is 0 Å². The number of fused-ring (bicyclic) bond motifs is 1. The minimum absolute atomic E-state index is 0.163. The summed E-state index contributed by atoms with van der Waals surface area (Å²) in [6.45, 7) is 7.93. The maximum atomic E-state index is 13.7. The van der Waals surface area contributed by atoms with E-state index in [9.17, 15) is 13.2 Å². The first-order chi connectivity index (χ1) is 17.6. The molecule has 0 fully saturated rings. The summed E-state index contributed by atoms with van der Waals surface area (Å²) in [6.07, 6.45) is 0.810. The standard InChI is InChI=1S/C31H34N2O3S/c1-22-13-16-28(17-14-22)37(35,36)33(30-19-23(2)12-15-25(30)4)21-31(34)32-20-24(3)18-27-10-7-9-26-8-5-6-11-29(26)27/h5-17,19,24H,18,20-21H2,1-4H3,(H,32,34). The molecular formula is C31H34N2O3S. The Morgan fingerprint density at radius 2 is 1.54 bits per heavy atom. The van der Waals surface area contributed by atoms with E-state index in [0.29, 0.717) is 12.2 Å². The summed E-state index contributed by atoms with van der Waals surface area (Å²) in [5, 5.41) is 5.38. The average molecular weight is 515 g/mol. The molecular weight excluding hydrogens is 480 g/mol. The molecule has 0 radical (unpaired) electrons. The molecule has 1 N–H and O–H groups in total. The predicted molar refractivity (Wildman–Crippen MR) is 151 cm³/mol. The van der Waals surface area contributed by atoms with Crippen molar-refractivity contribution in [2.24, 2.45) is 5.92 Å². The lowest BCUT2D eigenvalue weighted by atomic mass is 9.96. The molecule has 0 heterocycles. The van der Waals surface area contributed by atoms with Crippen LogP contribution in [0.3, 0.4) is 0 Å². The van der Waals surface area contributed by atoms with Crippen molar-refractivity contribution >= 4 is 32.4 Å². The quantitative estimate of drug-likeness (QED) is 0.300. The Morgan fingerprint density at radius 3 is 2.30 bits per heavy atom. The van der Waals surface area contributed by atoms with E-state index in [4.69, 9.17) is 0 Å². The molecule has 5 nitrogen and oxygen atoms in total. The summed E-state index contributed by atoms with van der Waals surface area (Å²) in [5.41, 5.74) is 4.43. The minimum Gasteiger partial charge on any atom is -0.354 e. The summed E-state index contributed by atoms with van der Waals surface area (Å²) in [5.74, 6) is -0.154. The number of hydrogen-bond acceptors (Lipinski definition) is 3. The summed E-state index contributed by atoms with van der Waals surface area (Å²) in [6, 6.07) is 26.9. The largest absolute Gasteiger partial charge is 0.354 e. The molecule has 0 aromatic heterocycles. The van der Waals surface area contributed by atoms with E-state index in [0.717, 1.165) is 23.1 Å². The van der Waals surface area contributed by atoms with E-state index >= 15 is 0 Å². The third-order valence-corrected chi connectivity index (χ3v) is 8.40. The number of rotatable bonds is 9. The van der Waals surface area contributed by atoms with Gasteiger partial charge in [0.1, 0.15) is 6.54 Å². The lowest BCUT2D eigenvalue weighted by molar-refractivity contribution is -0.119. The highest BCUT2D eigenvalue weighted by atomic mass is 32.2. The normalized spacial score (nSPS) is 12.3. The Kier molecular flexibility index (Phi) is 7.98. The molecule has 4 aromatic carbocycles. The van der Waals surface area contributed by atoms with Gasteiger partial charge >= 0.3 is 0 Å². The molecule has 0 saturated heterocycles. The van der Waals surface area contributed by atoms with Gasteiger partial charge in [0.2, 0.25) is 5.91 Å². The van der Waals surface area contributed by atoms with Gasteiger partial charge in [0.15, 0.2) is 0 Å². The van der Waals surface area contributed by atoms with E-state index in [1.54, 1.807) is 24.3 Å². The molecule has 0 aliphatic heterocycles. The fourth-order valence-corrected chi connectivity index (χ4v) is 6.00. The van der Waals surface area contributed by atoms with Crippen LogP contribution in [-0.4, -0.2) is 27.4 Å². The van der Waals surface area contributed by atoms with Gasteiger partial charge < -0.3 is 5.32 Å². The van der Waals surface area contributed by atoms with Crippen LogP contribution >= 0.6 is 0 Å². The first-order valence-electron chi connectivity index (χ1n) is 12.5. The van der Waals surface area contributed by atoms with Crippen molar-refractivity contribution in [2.75, 3.05) is 17.4 Å². The van der Waals surface area contributed by atoms with E-state index in [-0.39, 0.29) is 23.3 Å². The summed E-state index contributed by atoms with van der Waals surface area (Å²) < 4.78 is 28.6. The molecule has 0 spiro atoms. The zero-order chi connectivity index (χ0) is 26.6. The maximum Gasteiger partial charge on any atom is 0.264 e. The van der Waals surface area contributed by atoms with Crippen molar-refractivity contribution in [1.82, 2.24) is 5.32 Å². The lowest BCUT2D eigenvalue weighted by Gasteiger charge is -2.26. The molecule has 0 bridgehead atoms. The van der Waals surface area contributed by atoms with Gasteiger partial charge in [0, 0.05) is 6.54 Å². The van der Waals surface area contributed by atoms with Crippen LogP contribution in [0, 0.1) is 26.7 Å². The van der Waals surface area contributed by atoms with Crippen LogP contribution in [0.1, 0.15) is 29.2 Å². The third kappa shape index (κ3) is 6.20. The number of hydrogen-bond donors (Lipinski definition) is 1. The first kappa shape index (κ1) is 26.4. The Labute approximate surface area is 220 Å². The Balaban J connectivity index is 1.51. The molecule has 4 aromatic rings. The van der Waals surface area contributed by atoms with Gasteiger partial charge in [-0.25, -0.2) is 8.42 Å². The van der Waals surface area contributed by atoms with Gasteiger partial charge in [0.25, 0.3) is 10.0 Å². The molecule has 0 aliphatic carbocycles. The number of anilines is 1. The highest BCUT2D eigenvalue weighted by molar-refractivity contribution is 7.92. The first-order valence-corrected chi connectivity index (χ1v) is 14.0. The van der Waals surface area contributed by atoms with Crippen molar-refractivity contribution in [3.63, 3.8) is 0 Å². The number of amides is 1. The number of nitrogens with one attached hydrogen (secondary N) is 1. The topological polar surface area (TPSA) is 66.5 Å². The SMILES string of the molecule is Cc1ccc(S(=O)(=O)N(CC(=O)NCC(C)Cc2cccc3ccccc23)c2cc(C)ccc2C)cc1. The predicted octanol–water partition coefficient (Wildman–Crippen LogP) is 5.96. The molecule has 192 valence electrons. The van der Waals surface area contributed by atoms with Gasteiger partial charge in [-0.1, -0.05) is 79.2 Å². The zero-order valence-electron chi connectivity index (χ0n) is 21.9. The number of carbonyl (C=O) groups is 1. The van der Waals surface area contributed by atoms with Crippen LogP contribution in [0.15, 0.2) is 89.8 Å². The smallest absolute Gasteiger partial charge is 0.264 e. The van der Waals surface area contributed by atoms with Gasteiger partial charge in [-0.2, -0.15) is 0 Å². The molecule has 6 heteroatoms. The maximum absolute atomic E-state index is 13.7. The molecule has 4 rings (SSSR count). The highest BCUT2D eigenvalue weighted by Crippen LogP contribution is 2.28. The molecule has 1 amide bonds. The van der Waals surface area contributed by atoms with Crippen molar-refractivity contribution in [3.8, 4) is 0 Å². The fourth-order valence-electron chi connectivity index (χ4n) is 4.52. The van der Waals surface area contributed by atoms with E-state index < -0.39 is 10.0 Å². The summed E-state index contributed by atoms with van der Waals surface area (Å²) in [7, 11) is -3.94. The fraction of sp³-hybridized carbons (Fsp3) is 0.258. The van der Waals surface area contributed by atoms with Gasteiger partial charge in [0.05, 0.1) is 10.6 Å². The molecule has 1 atom stereocenters. The van der Waals surface area contributed by atoms with Crippen LogP contribution in [0.2, 0.25) is 0 Å². The van der Waals surface area contributed by atoms with E-state index in [1.165, 1.54) is 20.6 Å². The van der Waals surface area contributed by atoms with Gasteiger partial charge in [-0.3, -0.25) is 9.10 Å². The van der Waals surface area contributed by atoms with Crippen molar-refractivity contribution < 1.29 is 13.2 Å². The Hall–Kier alpha value is -3.64. The third-order valence-electron chi connectivity index (χ3n) is 6.63. The van der Waals surface area contributed by atoms with Crippen molar-refractivity contribution in [3.05, 3.63) is 107 Å². The van der Waals surface area contributed by atoms with Crippen LogP contribution < -0.4 is 9.62 Å². The number of aryl methyl sites for hydroxylation is 3. The monoisotopic (exact) mass is 514 g/mol. The molecule has 37 heavy (non-hydrogen) atoms. The van der Waals surface area contributed by atoms with Crippen molar-refractivity contribution in [2.45, 2.75) is 39.0 Å². The van der Waals surface area contributed by atoms with Crippen LogP contribution in [-0.2, 0) is 21.2 Å². The minimum atomic E-state index is -3.94. The Bertz CT molecular complexity index is 1510. The van der Waals surface area contributed by atoms with E-state index in [1.807, 2.05) is 51.1 Å². The Morgan fingerprint density at radius 1 is 0.865 bits per heavy atom. The molecule has 0 aliphatic rings. The zero-order valence-corrected chi connectivity index (χ0v) is 22.7. The van der Waals surface area contributed by atoms with Gasteiger partial charge in [-0.05, 0) is 78.8 Å². The number of benzene rings is 4. The number of carbonyl (C=O) groups excluding carboxylic acids is 1. The van der Waals surface area contributed by atoms with E-state index in [2.05, 4.69) is 42.6 Å². The van der Waals surface area contributed by atoms with Crippen molar-refractivity contribution in [1.29, 1.82) is 0 Å². The highest BCUT2D eigenvalue weighted by Gasteiger charge is 2.28. The lowest BCUT2D eigenvalue weighted by Crippen LogP contribution is -2.42. The second kappa shape index (κ2) is 11.2. The number of nitrogens with zero attached hydrogens (tertiary/aromatic N) is 1. The summed E-state index contributed by atoms with van der Waals surface area (Å²) in [4.78, 5) is 13.3. The molecule has 0 saturated carbocycles. The summed E-state index contributed by atoms with van der Waals surface area (Å²) >= 11 is 0. The average Bonchev–Trinajstić information content (AvgIpc) is 2.88. The van der Waals surface area contributed by atoms with Crippen LogP contribution in [0.4, 0.5) is 5.69 Å². The number of sulfonamides is 1. The van der Waals surface area contributed by atoms with Gasteiger partial charge in [-0.15, -0.1) is 0 Å².